The lowest BCUT2D eigenvalue weighted by Gasteiger charge is -2.05. The molecule has 1 rings (SSSR count). The molecule has 0 amide bonds. The van der Waals surface area contributed by atoms with Gasteiger partial charge in [-0.25, -0.2) is 0 Å². The summed E-state index contributed by atoms with van der Waals surface area (Å²) in [6, 6.07) is 6.63. The van der Waals surface area contributed by atoms with Gasteiger partial charge in [0, 0.05) is 5.88 Å². The van der Waals surface area contributed by atoms with Crippen LogP contribution < -0.4 is 0 Å². The first-order valence-corrected chi connectivity index (χ1v) is 7.52. The molecule has 0 N–H and O–H groups in total. The average Bonchev–Trinajstić information content (AvgIpc) is 2.29. The highest BCUT2D eigenvalue weighted by Crippen LogP contribution is 2.13. The van der Waals surface area contributed by atoms with E-state index in [9.17, 15) is 8.42 Å². The van der Waals surface area contributed by atoms with Crippen LogP contribution in [0.4, 0.5) is 0 Å². The van der Waals surface area contributed by atoms with Crippen molar-refractivity contribution in [3.63, 3.8) is 0 Å². The highest BCUT2D eigenvalue weighted by atomic mass is 35.5. The van der Waals surface area contributed by atoms with E-state index in [0.29, 0.717) is 12.3 Å². The van der Waals surface area contributed by atoms with Crippen molar-refractivity contribution < 1.29 is 12.6 Å². The van der Waals surface area contributed by atoms with Crippen LogP contribution in [0, 0.1) is 6.92 Å². The summed E-state index contributed by atoms with van der Waals surface area (Å²) < 4.78 is 28.4. The van der Waals surface area contributed by atoms with Crippen LogP contribution in [0.3, 0.4) is 0 Å². The molecular weight excluding hydrogens is 260 g/mol. The molecule has 17 heavy (non-hydrogen) atoms. The normalized spacial score (nSPS) is 11.6. The lowest BCUT2D eigenvalue weighted by molar-refractivity contribution is 0.308. The summed E-state index contributed by atoms with van der Waals surface area (Å²) in [5.74, 6) is 0.602. The zero-order valence-corrected chi connectivity index (χ0v) is 11.4. The second-order valence-electron chi connectivity index (χ2n) is 3.84. The predicted molar refractivity (Wildman–Crippen MR) is 68.9 cm³/mol. The molecule has 1 aromatic carbocycles. The molecule has 0 bridgehead atoms. The molecule has 0 heterocycles. The van der Waals surface area contributed by atoms with Crippen molar-refractivity contribution in [3.05, 3.63) is 29.8 Å². The van der Waals surface area contributed by atoms with Gasteiger partial charge in [-0.05, 0) is 38.3 Å². The number of halogens is 1. The fraction of sp³-hybridized carbons (Fsp3) is 0.500. The molecule has 0 atom stereocenters. The second kappa shape index (κ2) is 6.99. The topological polar surface area (TPSA) is 43.4 Å². The van der Waals surface area contributed by atoms with Crippen LogP contribution in [0.1, 0.15) is 24.8 Å². The summed E-state index contributed by atoms with van der Waals surface area (Å²) in [6.45, 7) is 2.12. The Hall–Kier alpha value is -0.580. The summed E-state index contributed by atoms with van der Waals surface area (Å²) in [6.07, 6.45) is 2.47. The van der Waals surface area contributed by atoms with E-state index < -0.39 is 10.1 Å². The minimum atomic E-state index is -3.60. The molecular formula is C12H17ClO3S. The molecule has 0 aliphatic heterocycles. The first-order valence-electron chi connectivity index (χ1n) is 5.58. The maximum Gasteiger partial charge on any atom is 0.296 e. The van der Waals surface area contributed by atoms with Gasteiger partial charge in [-0.3, -0.25) is 4.18 Å². The molecule has 0 saturated heterocycles. The van der Waals surface area contributed by atoms with Gasteiger partial charge in [0.05, 0.1) is 11.5 Å². The maximum atomic E-state index is 11.7. The zero-order valence-electron chi connectivity index (χ0n) is 9.86. The predicted octanol–water partition coefficient (Wildman–Crippen LogP) is 3.11. The van der Waals surface area contributed by atoms with Gasteiger partial charge in [-0.2, -0.15) is 8.42 Å². The number of rotatable bonds is 7. The monoisotopic (exact) mass is 276 g/mol. The average molecular weight is 277 g/mol. The van der Waals surface area contributed by atoms with E-state index in [4.69, 9.17) is 15.8 Å². The molecule has 0 fully saturated rings. The molecule has 3 nitrogen and oxygen atoms in total. The molecule has 0 aromatic heterocycles. The van der Waals surface area contributed by atoms with Crippen molar-refractivity contribution in [1.29, 1.82) is 0 Å². The molecule has 0 aliphatic carbocycles. The van der Waals surface area contributed by atoms with Gasteiger partial charge in [-0.15, -0.1) is 11.6 Å². The van der Waals surface area contributed by atoms with Crippen LogP contribution in [0.15, 0.2) is 29.2 Å². The van der Waals surface area contributed by atoms with E-state index in [0.717, 1.165) is 18.4 Å². The lowest BCUT2D eigenvalue weighted by atomic mass is 10.2. The van der Waals surface area contributed by atoms with E-state index in [1.54, 1.807) is 24.3 Å². The van der Waals surface area contributed by atoms with E-state index in [1.807, 2.05) is 6.92 Å². The van der Waals surface area contributed by atoms with Crippen LogP contribution in [0.2, 0.25) is 0 Å². The molecule has 0 aliphatic rings. The number of benzene rings is 1. The third-order valence-electron chi connectivity index (χ3n) is 2.33. The number of aryl methyl sites for hydroxylation is 1. The zero-order chi connectivity index (χ0) is 12.7. The fourth-order valence-electron chi connectivity index (χ4n) is 1.31. The summed E-state index contributed by atoms with van der Waals surface area (Å²) in [7, 11) is -3.60. The van der Waals surface area contributed by atoms with Gasteiger partial charge in [0.1, 0.15) is 0 Å². The summed E-state index contributed by atoms with van der Waals surface area (Å²) in [5, 5.41) is 0. The van der Waals surface area contributed by atoms with Crippen LogP contribution in [-0.4, -0.2) is 20.9 Å². The Morgan fingerprint density at radius 3 is 2.35 bits per heavy atom. The SMILES string of the molecule is Cc1ccc(S(=O)(=O)OCCCCCCl)cc1. The number of unbranched alkanes of at least 4 members (excludes halogenated alkanes) is 2. The molecule has 5 heteroatoms. The van der Waals surface area contributed by atoms with E-state index >= 15 is 0 Å². The molecule has 0 radical (unpaired) electrons. The highest BCUT2D eigenvalue weighted by Gasteiger charge is 2.13. The van der Waals surface area contributed by atoms with Crippen molar-refractivity contribution in [2.75, 3.05) is 12.5 Å². The smallest absolute Gasteiger partial charge is 0.266 e. The van der Waals surface area contributed by atoms with Gasteiger partial charge in [0.25, 0.3) is 10.1 Å². The van der Waals surface area contributed by atoms with Gasteiger partial charge in [0.15, 0.2) is 0 Å². The van der Waals surface area contributed by atoms with Crippen LogP contribution in [-0.2, 0) is 14.3 Å². The second-order valence-corrected chi connectivity index (χ2v) is 5.83. The van der Waals surface area contributed by atoms with Crippen molar-refractivity contribution in [1.82, 2.24) is 0 Å². The molecule has 0 unspecified atom stereocenters. The Morgan fingerprint density at radius 2 is 1.76 bits per heavy atom. The number of hydrogen-bond acceptors (Lipinski definition) is 3. The largest absolute Gasteiger partial charge is 0.296 e. The van der Waals surface area contributed by atoms with E-state index in [-0.39, 0.29) is 11.5 Å². The number of alkyl halides is 1. The van der Waals surface area contributed by atoms with Crippen LogP contribution in [0.25, 0.3) is 0 Å². The summed E-state index contributed by atoms with van der Waals surface area (Å²) >= 11 is 5.52. The molecule has 96 valence electrons. The Balaban J connectivity index is 2.48. The van der Waals surface area contributed by atoms with Crippen LogP contribution >= 0.6 is 11.6 Å². The Kier molecular flexibility index (Phi) is 5.95. The van der Waals surface area contributed by atoms with Crippen molar-refractivity contribution >= 4 is 21.7 Å². The maximum absolute atomic E-state index is 11.7. The Labute approximate surface area is 108 Å². The molecule has 0 saturated carbocycles. The van der Waals surface area contributed by atoms with Gasteiger partial charge in [0.2, 0.25) is 0 Å². The quantitative estimate of drug-likeness (QED) is 0.437. The summed E-state index contributed by atoms with van der Waals surface area (Å²) in [5.41, 5.74) is 1.02. The third kappa shape index (κ3) is 5.06. The molecule has 0 spiro atoms. The van der Waals surface area contributed by atoms with Crippen molar-refractivity contribution in [2.24, 2.45) is 0 Å². The van der Waals surface area contributed by atoms with Crippen LogP contribution in [0.5, 0.6) is 0 Å². The standard InChI is InChI=1S/C12H17ClO3S/c1-11-5-7-12(8-6-11)17(14,15)16-10-4-2-3-9-13/h5-8H,2-4,9-10H2,1H3. The first-order chi connectivity index (χ1) is 8.06. The van der Waals surface area contributed by atoms with Crippen molar-refractivity contribution in [2.45, 2.75) is 31.1 Å². The minimum Gasteiger partial charge on any atom is -0.266 e. The fourth-order valence-corrected chi connectivity index (χ4v) is 2.45. The van der Waals surface area contributed by atoms with Crippen molar-refractivity contribution in [3.8, 4) is 0 Å². The first kappa shape index (κ1) is 14.5. The molecule has 1 aromatic rings. The van der Waals surface area contributed by atoms with E-state index in [1.165, 1.54) is 0 Å². The van der Waals surface area contributed by atoms with Gasteiger partial charge < -0.3 is 0 Å². The Morgan fingerprint density at radius 1 is 1.12 bits per heavy atom. The highest BCUT2D eigenvalue weighted by molar-refractivity contribution is 7.86. The third-order valence-corrected chi connectivity index (χ3v) is 3.92. The lowest BCUT2D eigenvalue weighted by Crippen LogP contribution is -2.07. The van der Waals surface area contributed by atoms with Gasteiger partial charge >= 0.3 is 0 Å². The number of hydrogen-bond donors (Lipinski definition) is 0. The summed E-state index contributed by atoms with van der Waals surface area (Å²) in [4.78, 5) is 0.209. The minimum absolute atomic E-state index is 0.209. The van der Waals surface area contributed by atoms with E-state index in [2.05, 4.69) is 0 Å². The Bertz CT molecular complexity index is 426. The van der Waals surface area contributed by atoms with Gasteiger partial charge in [-0.1, -0.05) is 17.7 Å².